The second-order valence-corrected chi connectivity index (χ2v) is 5.13. The van der Waals surface area contributed by atoms with Crippen LogP contribution in [0.25, 0.3) is 10.9 Å². The molecule has 2 aromatic rings. The summed E-state index contributed by atoms with van der Waals surface area (Å²) in [6, 6.07) is 6.02. The fourth-order valence-electron chi connectivity index (χ4n) is 2.66. The van der Waals surface area contributed by atoms with Crippen molar-refractivity contribution in [3.05, 3.63) is 28.9 Å². The molecular formula is C13H16ClN3. The molecule has 17 heavy (non-hydrogen) atoms. The molecule has 0 saturated carbocycles. The maximum Gasteiger partial charge on any atom is 0.0735 e. The monoisotopic (exact) mass is 249 g/mol. The summed E-state index contributed by atoms with van der Waals surface area (Å²) in [4.78, 5) is 0. The number of hydrogen-bond acceptors (Lipinski definition) is 2. The molecule has 1 aromatic heterocycles. The van der Waals surface area contributed by atoms with E-state index in [0.717, 1.165) is 18.1 Å². The summed E-state index contributed by atoms with van der Waals surface area (Å²) in [6.45, 7) is 2.17. The molecule has 1 saturated heterocycles. The van der Waals surface area contributed by atoms with Gasteiger partial charge in [0.15, 0.2) is 0 Å². The molecule has 90 valence electrons. The third kappa shape index (κ3) is 1.94. The van der Waals surface area contributed by atoms with Gasteiger partial charge in [0.05, 0.1) is 11.2 Å². The first kappa shape index (κ1) is 11.1. The number of benzene rings is 1. The zero-order chi connectivity index (χ0) is 11.8. The van der Waals surface area contributed by atoms with Crippen LogP contribution in [-0.4, -0.2) is 22.9 Å². The average Bonchev–Trinajstić information content (AvgIpc) is 2.67. The van der Waals surface area contributed by atoms with Crippen LogP contribution in [0.4, 0.5) is 0 Å². The standard InChI is InChI=1S/C13H16ClN3/c1-17-12-3-2-10(14)8-11(12)13(16-17)9-4-6-15-7-5-9/h2-3,8-9,15H,4-7H2,1H3. The van der Waals surface area contributed by atoms with Crippen molar-refractivity contribution in [3.63, 3.8) is 0 Å². The van der Waals surface area contributed by atoms with Crippen LogP contribution in [0.2, 0.25) is 5.02 Å². The van der Waals surface area contributed by atoms with E-state index in [0.29, 0.717) is 5.92 Å². The van der Waals surface area contributed by atoms with Crippen LogP contribution in [0.15, 0.2) is 18.2 Å². The predicted octanol–water partition coefficient (Wildman–Crippen LogP) is 2.69. The van der Waals surface area contributed by atoms with Crippen LogP contribution in [0.5, 0.6) is 0 Å². The highest BCUT2D eigenvalue weighted by Gasteiger charge is 2.21. The molecular weight excluding hydrogens is 234 g/mol. The minimum absolute atomic E-state index is 0.568. The largest absolute Gasteiger partial charge is 0.317 e. The van der Waals surface area contributed by atoms with Crippen LogP contribution < -0.4 is 5.32 Å². The molecule has 1 aliphatic heterocycles. The Morgan fingerprint density at radius 3 is 2.88 bits per heavy atom. The van der Waals surface area contributed by atoms with E-state index in [1.165, 1.54) is 29.4 Å². The van der Waals surface area contributed by atoms with Crippen molar-refractivity contribution < 1.29 is 0 Å². The summed E-state index contributed by atoms with van der Waals surface area (Å²) in [7, 11) is 2.00. The van der Waals surface area contributed by atoms with E-state index in [4.69, 9.17) is 11.6 Å². The van der Waals surface area contributed by atoms with Gasteiger partial charge in [-0.25, -0.2) is 0 Å². The fraction of sp³-hybridized carbons (Fsp3) is 0.462. The number of fused-ring (bicyclic) bond motifs is 1. The maximum absolute atomic E-state index is 6.09. The van der Waals surface area contributed by atoms with Crippen molar-refractivity contribution in [1.29, 1.82) is 0 Å². The molecule has 0 spiro atoms. The molecule has 0 radical (unpaired) electrons. The molecule has 0 aliphatic carbocycles. The molecule has 0 bridgehead atoms. The van der Waals surface area contributed by atoms with Crippen LogP contribution in [0.3, 0.4) is 0 Å². The molecule has 1 aliphatic rings. The van der Waals surface area contributed by atoms with E-state index >= 15 is 0 Å². The number of aryl methyl sites for hydroxylation is 1. The first-order valence-electron chi connectivity index (χ1n) is 6.08. The van der Waals surface area contributed by atoms with Crippen molar-refractivity contribution in [3.8, 4) is 0 Å². The smallest absolute Gasteiger partial charge is 0.0735 e. The van der Waals surface area contributed by atoms with E-state index in [2.05, 4.69) is 16.5 Å². The number of halogens is 1. The lowest BCUT2D eigenvalue weighted by atomic mass is 9.93. The van der Waals surface area contributed by atoms with Crippen molar-refractivity contribution in [2.24, 2.45) is 7.05 Å². The van der Waals surface area contributed by atoms with Gasteiger partial charge >= 0.3 is 0 Å². The molecule has 2 heterocycles. The quantitative estimate of drug-likeness (QED) is 0.842. The number of nitrogens with one attached hydrogen (secondary N) is 1. The zero-order valence-electron chi connectivity index (χ0n) is 9.91. The summed E-state index contributed by atoms with van der Waals surface area (Å²) in [5, 5.41) is 10.1. The van der Waals surface area contributed by atoms with Crippen molar-refractivity contribution in [2.75, 3.05) is 13.1 Å². The minimum atomic E-state index is 0.568. The summed E-state index contributed by atoms with van der Waals surface area (Å²) in [5.41, 5.74) is 2.38. The maximum atomic E-state index is 6.09. The molecule has 3 rings (SSSR count). The molecule has 0 atom stereocenters. The molecule has 1 fully saturated rings. The Morgan fingerprint density at radius 1 is 1.35 bits per heavy atom. The van der Waals surface area contributed by atoms with E-state index in [1.807, 2.05) is 23.9 Å². The summed E-state index contributed by atoms with van der Waals surface area (Å²) in [6.07, 6.45) is 2.33. The normalized spacial score (nSPS) is 17.8. The van der Waals surface area contributed by atoms with Crippen molar-refractivity contribution in [2.45, 2.75) is 18.8 Å². The van der Waals surface area contributed by atoms with Gasteiger partial charge in [-0.05, 0) is 44.1 Å². The van der Waals surface area contributed by atoms with Crippen LogP contribution in [0.1, 0.15) is 24.5 Å². The van der Waals surface area contributed by atoms with E-state index < -0.39 is 0 Å². The first-order valence-corrected chi connectivity index (χ1v) is 6.46. The number of nitrogens with zero attached hydrogens (tertiary/aromatic N) is 2. The first-order chi connectivity index (χ1) is 8.25. The van der Waals surface area contributed by atoms with Crippen molar-refractivity contribution >= 4 is 22.5 Å². The molecule has 0 amide bonds. The van der Waals surface area contributed by atoms with Gasteiger partial charge < -0.3 is 5.32 Å². The van der Waals surface area contributed by atoms with Crippen molar-refractivity contribution in [1.82, 2.24) is 15.1 Å². The average molecular weight is 250 g/mol. The predicted molar refractivity (Wildman–Crippen MR) is 70.6 cm³/mol. The minimum Gasteiger partial charge on any atom is -0.317 e. The lowest BCUT2D eigenvalue weighted by Gasteiger charge is -2.21. The van der Waals surface area contributed by atoms with Crippen LogP contribution >= 0.6 is 11.6 Å². The Hall–Kier alpha value is -1.06. The topological polar surface area (TPSA) is 29.9 Å². The Kier molecular flexibility index (Phi) is 2.81. The number of rotatable bonds is 1. The highest BCUT2D eigenvalue weighted by molar-refractivity contribution is 6.31. The Morgan fingerprint density at radius 2 is 2.12 bits per heavy atom. The highest BCUT2D eigenvalue weighted by Crippen LogP contribution is 2.31. The number of piperidine rings is 1. The molecule has 3 nitrogen and oxygen atoms in total. The number of aromatic nitrogens is 2. The lowest BCUT2D eigenvalue weighted by Crippen LogP contribution is -2.26. The Labute approximate surface area is 106 Å². The van der Waals surface area contributed by atoms with Gasteiger partial charge in [-0.1, -0.05) is 11.6 Å². The van der Waals surface area contributed by atoms with Gasteiger partial charge in [0.2, 0.25) is 0 Å². The van der Waals surface area contributed by atoms with E-state index in [9.17, 15) is 0 Å². The Bertz CT molecular complexity index is 541. The SMILES string of the molecule is Cn1nc(C2CCNCC2)c2cc(Cl)ccc21. The zero-order valence-corrected chi connectivity index (χ0v) is 10.7. The molecule has 1 N–H and O–H groups in total. The van der Waals surface area contributed by atoms with Crippen LogP contribution in [-0.2, 0) is 7.05 Å². The second kappa shape index (κ2) is 4.31. The Balaban J connectivity index is 2.11. The van der Waals surface area contributed by atoms with E-state index in [-0.39, 0.29) is 0 Å². The summed E-state index contributed by atoms with van der Waals surface area (Å²) >= 11 is 6.09. The van der Waals surface area contributed by atoms with E-state index in [1.54, 1.807) is 0 Å². The number of hydrogen-bond donors (Lipinski definition) is 1. The van der Waals surface area contributed by atoms with Crippen LogP contribution in [0, 0.1) is 0 Å². The molecule has 4 heteroatoms. The highest BCUT2D eigenvalue weighted by atomic mass is 35.5. The molecule has 0 unspecified atom stereocenters. The third-order valence-corrected chi connectivity index (χ3v) is 3.80. The summed E-state index contributed by atoms with van der Waals surface area (Å²) < 4.78 is 1.96. The van der Waals surface area contributed by atoms with Gasteiger partial charge in [0.1, 0.15) is 0 Å². The summed E-state index contributed by atoms with van der Waals surface area (Å²) in [5.74, 6) is 0.568. The molecule has 1 aromatic carbocycles. The van der Waals surface area contributed by atoms with Gasteiger partial charge in [0.25, 0.3) is 0 Å². The lowest BCUT2D eigenvalue weighted by molar-refractivity contribution is 0.452. The van der Waals surface area contributed by atoms with Gasteiger partial charge in [0, 0.05) is 23.4 Å². The fourth-order valence-corrected chi connectivity index (χ4v) is 2.83. The van der Waals surface area contributed by atoms with Gasteiger partial charge in [-0.2, -0.15) is 5.10 Å². The third-order valence-electron chi connectivity index (χ3n) is 3.57. The second-order valence-electron chi connectivity index (χ2n) is 4.69. The van der Waals surface area contributed by atoms with Gasteiger partial charge in [-0.3, -0.25) is 4.68 Å². The van der Waals surface area contributed by atoms with Gasteiger partial charge in [-0.15, -0.1) is 0 Å².